The zero-order valence-electron chi connectivity index (χ0n) is 17.7. The Morgan fingerprint density at radius 3 is 2.58 bits per heavy atom. The second-order valence-electron chi connectivity index (χ2n) is 7.33. The minimum Gasteiger partial charge on any atom is -0.494 e. The van der Waals surface area contributed by atoms with Crippen molar-refractivity contribution in [2.45, 2.75) is 39.0 Å². The van der Waals surface area contributed by atoms with E-state index in [1.807, 2.05) is 37.3 Å². The van der Waals surface area contributed by atoms with Gasteiger partial charge >= 0.3 is 5.97 Å². The molecule has 2 aromatic carbocycles. The van der Waals surface area contributed by atoms with Crippen LogP contribution in [0.3, 0.4) is 0 Å². The summed E-state index contributed by atoms with van der Waals surface area (Å²) in [7, 11) is 1.42. The Hall–Kier alpha value is -2.50. The molecule has 31 heavy (non-hydrogen) atoms. The molecular formula is C24H26Cl2N2O3. The first-order valence-electron chi connectivity index (χ1n) is 10.3. The third-order valence-corrected chi connectivity index (χ3v) is 5.62. The van der Waals surface area contributed by atoms with Crippen LogP contribution in [0.1, 0.15) is 37.8 Å². The highest BCUT2D eigenvalue weighted by Gasteiger charge is 2.08. The number of aromatic nitrogens is 1. The van der Waals surface area contributed by atoms with Gasteiger partial charge in [-0.05, 0) is 62.2 Å². The van der Waals surface area contributed by atoms with Crippen LogP contribution in [0.15, 0.2) is 42.5 Å². The van der Waals surface area contributed by atoms with Crippen molar-refractivity contribution in [1.82, 2.24) is 4.98 Å². The molecule has 0 saturated heterocycles. The minimum absolute atomic E-state index is 0.151. The molecule has 0 amide bonds. The summed E-state index contributed by atoms with van der Waals surface area (Å²) in [6.07, 6.45) is 4.24. The van der Waals surface area contributed by atoms with Crippen LogP contribution in [0.4, 0.5) is 11.4 Å². The van der Waals surface area contributed by atoms with Gasteiger partial charge in [-0.1, -0.05) is 36.0 Å². The van der Waals surface area contributed by atoms with E-state index in [2.05, 4.69) is 15.0 Å². The SMILES string of the molecule is COC(=O)CCCCCCOc1ccc2nc(C)cc(Nc3ccc(Cl)c(Cl)c3)c2c1. The van der Waals surface area contributed by atoms with E-state index in [0.717, 1.165) is 59.4 Å². The predicted octanol–water partition coefficient (Wildman–Crippen LogP) is 7.10. The number of pyridine rings is 1. The van der Waals surface area contributed by atoms with Gasteiger partial charge in [0.2, 0.25) is 0 Å². The lowest BCUT2D eigenvalue weighted by atomic mass is 10.1. The van der Waals surface area contributed by atoms with Gasteiger partial charge in [0.05, 0.1) is 29.3 Å². The maximum absolute atomic E-state index is 11.1. The highest BCUT2D eigenvalue weighted by molar-refractivity contribution is 6.42. The van der Waals surface area contributed by atoms with Crippen LogP contribution in [0.25, 0.3) is 10.9 Å². The summed E-state index contributed by atoms with van der Waals surface area (Å²) in [5.74, 6) is 0.645. The first kappa shape index (κ1) is 23.2. The van der Waals surface area contributed by atoms with Gasteiger partial charge in [0.1, 0.15) is 5.75 Å². The van der Waals surface area contributed by atoms with E-state index < -0.39 is 0 Å². The van der Waals surface area contributed by atoms with Crippen molar-refractivity contribution in [3.05, 3.63) is 58.2 Å². The van der Waals surface area contributed by atoms with Gasteiger partial charge in [-0.25, -0.2) is 0 Å². The molecule has 0 aliphatic heterocycles. The molecule has 7 heteroatoms. The summed E-state index contributed by atoms with van der Waals surface area (Å²) in [6, 6.07) is 13.3. The van der Waals surface area contributed by atoms with Crippen molar-refractivity contribution in [2.75, 3.05) is 19.0 Å². The monoisotopic (exact) mass is 460 g/mol. The van der Waals surface area contributed by atoms with Crippen molar-refractivity contribution in [2.24, 2.45) is 0 Å². The van der Waals surface area contributed by atoms with E-state index in [4.69, 9.17) is 27.9 Å². The fourth-order valence-electron chi connectivity index (χ4n) is 3.28. The number of esters is 1. The summed E-state index contributed by atoms with van der Waals surface area (Å²) in [6.45, 7) is 2.59. The third-order valence-electron chi connectivity index (χ3n) is 4.88. The van der Waals surface area contributed by atoms with Gasteiger partial charge in [0, 0.05) is 28.9 Å². The predicted molar refractivity (Wildman–Crippen MR) is 127 cm³/mol. The van der Waals surface area contributed by atoms with E-state index in [-0.39, 0.29) is 5.97 Å². The Morgan fingerprint density at radius 2 is 1.81 bits per heavy atom. The van der Waals surface area contributed by atoms with E-state index in [1.165, 1.54) is 7.11 Å². The second-order valence-corrected chi connectivity index (χ2v) is 8.15. The van der Waals surface area contributed by atoms with Crippen molar-refractivity contribution < 1.29 is 14.3 Å². The van der Waals surface area contributed by atoms with Crippen LogP contribution in [0, 0.1) is 6.92 Å². The van der Waals surface area contributed by atoms with Gasteiger partial charge in [0.25, 0.3) is 0 Å². The minimum atomic E-state index is -0.151. The first-order chi connectivity index (χ1) is 15.0. The number of nitrogens with one attached hydrogen (secondary N) is 1. The van der Waals surface area contributed by atoms with Crippen LogP contribution in [0.2, 0.25) is 10.0 Å². The lowest BCUT2D eigenvalue weighted by Crippen LogP contribution is -2.01. The number of unbranched alkanes of at least 4 members (excludes halogenated alkanes) is 3. The van der Waals surface area contributed by atoms with Gasteiger partial charge < -0.3 is 14.8 Å². The number of methoxy groups -OCH3 is 1. The largest absolute Gasteiger partial charge is 0.494 e. The van der Waals surface area contributed by atoms with Crippen LogP contribution in [-0.2, 0) is 9.53 Å². The molecule has 0 fully saturated rings. The zero-order chi connectivity index (χ0) is 22.2. The number of anilines is 2. The molecule has 0 atom stereocenters. The number of ether oxygens (including phenoxy) is 2. The average Bonchev–Trinajstić information content (AvgIpc) is 2.75. The smallest absolute Gasteiger partial charge is 0.305 e. The second kappa shape index (κ2) is 11.2. The fraction of sp³-hybridized carbons (Fsp3) is 0.333. The number of hydrogen-bond donors (Lipinski definition) is 1. The summed E-state index contributed by atoms with van der Waals surface area (Å²) in [4.78, 5) is 15.7. The number of hydrogen-bond acceptors (Lipinski definition) is 5. The van der Waals surface area contributed by atoms with Crippen molar-refractivity contribution in [3.8, 4) is 5.75 Å². The fourth-order valence-corrected chi connectivity index (χ4v) is 3.58. The average molecular weight is 461 g/mol. The van der Waals surface area contributed by atoms with Crippen LogP contribution >= 0.6 is 23.2 Å². The molecule has 0 unspecified atom stereocenters. The standard InChI is InChI=1S/C24H26Cl2N2O3/c1-16-13-23(28-17-8-10-20(25)21(26)14-17)19-15-18(9-11-22(19)27-16)31-12-6-4-3-5-7-24(29)30-2/h8-11,13-15H,3-7,12H2,1-2H3,(H,27,28). The molecule has 1 N–H and O–H groups in total. The molecule has 1 aromatic heterocycles. The summed E-state index contributed by atoms with van der Waals surface area (Å²) < 4.78 is 10.6. The van der Waals surface area contributed by atoms with E-state index in [9.17, 15) is 4.79 Å². The van der Waals surface area contributed by atoms with Crippen molar-refractivity contribution in [3.63, 3.8) is 0 Å². The number of benzene rings is 2. The number of aryl methyl sites for hydroxylation is 1. The number of carbonyl (C=O) groups excluding carboxylic acids is 1. The summed E-state index contributed by atoms with van der Waals surface area (Å²) >= 11 is 12.2. The van der Waals surface area contributed by atoms with Gasteiger partial charge in [-0.2, -0.15) is 0 Å². The molecule has 0 aliphatic rings. The zero-order valence-corrected chi connectivity index (χ0v) is 19.2. The molecular weight excluding hydrogens is 435 g/mol. The molecule has 0 bridgehead atoms. The van der Waals surface area contributed by atoms with Crippen molar-refractivity contribution in [1.29, 1.82) is 0 Å². The Bertz CT molecular complexity index is 1060. The lowest BCUT2D eigenvalue weighted by molar-refractivity contribution is -0.140. The Kier molecular flexibility index (Phi) is 8.38. The van der Waals surface area contributed by atoms with Crippen LogP contribution < -0.4 is 10.1 Å². The molecule has 0 aliphatic carbocycles. The van der Waals surface area contributed by atoms with Crippen LogP contribution in [-0.4, -0.2) is 24.7 Å². The third kappa shape index (κ3) is 6.74. The van der Waals surface area contributed by atoms with Gasteiger partial charge in [0.15, 0.2) is 0 Å². The molecule has 164 valence electrons. The normalized spacial score (nSPS) is 10.8. The molecule has 0 saturated carbocycles. The Balaban J connectivity index is 1.64. The quantitative estimate of drug-likeness (QED) is 0.258. The summed E-state index contributed by atoms with van der Waals surface area (Å²) in [5, 5.41) is 5.39. The number of fused-ring (bicyclic) bond motifs is 1. The number of rotatable bonds is 10. The Labute approximate surface area is 192 Å². The van der Waals surface area contributed by atoms with Crippen LogP contribution in [0.5, 0.6) is 5.75 Å². The molecule has 0 spiro atoms. The molecule has 0 radical (unpaired) electrons. The van der Waals surface area contributed by atoms with Gasteiger partial charge in [-0.15, -0.1) is 0 Å². The Morgan fingerprint density at radius 1 is 1.00 bits per heavy atom. The summed E-state index contributed by atoms with van der Waals surface area (Å²) in [5.41, 5.74) is 3.57. The molecule has 3 rings (SSSR count). The van der Waals surface area contributed by atoms with Crippen molar-refractivity contribution >= 4 is 51.4 Å². The molecule has 3 aromatic rings. The van der Waals surface area contributed by atoms with E-state index >= 15 is 0 Å². The maximum atomic E-state index is 11.1. The van der Waals surface area contributed by atoms with Gasteiger partial charge in [-0.3, -0.25) is 9.78 Å². The van der Waals surface area contributed by atoms with E-state index in [1.54, 1.807) is 12.1 Å². The highest BCUT2D eigenvalue weighted by Crippen LogP contribution is 2.32. The topological polar surface area (TPSA) is 60.5 Å². The molecule has 5 nitrogen and oxygen atoms in total. The first-order valence-corrected chi connectivity index (χ1v) is 11.0. The number of nitrogens with zero attached hydrogens (tertiary/aromatic N) is 1. The molecule has 1 heterocycles. The lowest BCUT2D eigenvalue weighted by Gasteiger charge is -2.13. The highest BCUT2D eigenvalue weighted by atomic mass is 35.5. The number of halogens is 2. The number of carbonyl (C=O) groups is 1. The van der Waals surface area contributed by atoms with E-state index in [0.29, 0.717) is 23.1 Å². The maximum Gasteiger partial charge on any atom is 0.305 e.